The lowest BCUT2D eigenvalue weighted by Gasteiger charge is -2.36. The number of anilines is 1. The number of hydrogen-bond acceptors (Lipinski definition) is 4. The molecule has 2 aromatic carbocycles. The van der Waals surface area contributed by atoms with Gasteiger partial charge in [0.25, 0.3) is 5.91 Å². The highest BCUT2D eigenvalue weighted by Gasteiger charge is 2.34. The highest BCUT2D eigenvalue weighted by atomic mass is 35.5. The second-order valence-electron chi connectivity index (χ2n) is 11.1. The van der Waals surface area contributed by atoms with Gasteiger partial charge < -0.3 is 5.32 Å². The lowest BCUT2D eigenvalue weighted by molar-refractivity contribution is 0.102. The molecule has 0 aliphatic heterocycles. The molecular formula is C33H36ClN3OS. The van der Waals surface area contributed by atoms with Gasteiger partial charge in [0.15, 0.2) is 0 Å². The van der Waals surface area contributed by atoms with Crippen molar-refractivity contribution in [2.45, 2.75) is 66.2 Å². The summed E-state index contributed by atoms with van der Waals surface area (Å²) in [7, 11) is 0. The van der Waals surface area contributed by atoms with Crippen LogP contribution in [0.2, 0.25) is 0 Å². The molecule has 202 valence electrons. The first kappa shape index (κ1) is 28.8. The summed E-state index contributed by atoms with van der Waals surface area (Å²) in [5.41, 5.74) is 6.43. The average molecular weight is 558 g/mol. The number of para-hydroxylation sites is 1. The Hall–Kier alpha value is -3.20. The van der Waals surface area contributed by atoms with Crippen molar-refractivity contribution >= 4 is 45.6 Å². The fraction of sp³-hybridized carbons (Fsp3) is 0.364. The number of benzene rings is 2. The molecule has 1 N–H and O–H groups in total. The van der Waals surface area contributed by atoms with Crippen molar-refractivity contribution in [3.8, 4) is 17.3 Å². The van der Waals surface area contributed by atoms with Crippen molar-refractivity contribution in [2.24, 2.45) is 11.3 Å². The normalized spacial score (nSPS) is 14.8. The van der Waals surface area contributed by atoms with Crippen molar-refractivity contribution in [1.29, 1.82) is 5.26 Å². The van der Waals surface area contributed by atoms with Crippen molar-refractivity contribution in [3.63, 3.8) is 0 Å². The Kier molecular flexibility index (Phi) is 8.79. The van der Waals surface area contributed by atoms with E-state index in [4.69, 9.17) is 4.98 Å². The van der Waals surface area contributed by atoms with Gasteiger partial charge in [-0.1, -0.05) is 83.0 Å². The molecule has 2 heterocycles. The molecule has 1 aliphatic carbocycles. The average Bonchev–Trinajstić information content (AvgIpc) is 3.29. The molecule has 1 aliphatic rings. The number of carbonyl (C=O) groups excluding carboxylic acids is 1. The van der Waals surface area contributed by atoms with Gasteiger partial charge in [0, 0.05) is 15.8 Å². The van der Waals surface area contributed by atoms with Crippen LogP contribution in [0.15, 0.2) is 54.6 Å². The molecule has 5 rings (SSSR count). The fourth-order valence-electron chi connectivity index (χ4n) is 5.56. The second-order valence-corrected chi connectivity index (χ2v) is 12.2. The van der Waals surface area contributed by atoms with Crippen LogP contribution < -0.4 is 5.32 Å². The maximum atomic E-state index is 13.8. The molecule has 4 aromatic rings. The first-order valence-electron chi connectivity index (χ1n) is 13.7. The highest BCUT2D eigenvalue weighted by Crippen LogP contribution is 2.45. The minimum absolute atomic E-state index is 0. The van der Waals surface area contributed by atoms with Crippen LogP contribution >= 0.6 is 23.7 Å². The van der Waals surface area contributed by atoms with E-state index in [2.05, 4.69) is 63.3 Å². The van der Waals surface area contributed by atoms with Crippen LogP contribution in [0.3, 0.4) is 0 Å². The summed E-state index contributed by atoms with van der Waals surface area (Å²) in [6.45, 7) is 9.11. The first-order chi connectivity index (χ1) is 18.3. The number of thiophene rings is 1. The van der Waals surface area contributed by atoms with E-state index in [9.17, 15) is 10.1 Å². The zero-order valence-electron chi connectivity index (χ0n) is 23.1. The molecule has 0 bridgehead atoms. The van der Waals surface area contributed by atoms with E-state index < -0.39 is 0 Å². The number of carbonyl (C=O) groups is 1. The number of rotatable bonds is 7. The summed E-state index contributed by atoms with van der Waals surface area (Å²) in [4.78, 5) is 19.9. The van der Waals surface area contributed by atoms with E-state index in [0.717, 1.165) is 66.2 Å². The van der Waals surface area contributed by atoms with Crippen LogP contribution in [-0.4, -0.2) is 10.9 Å². The van der Waals surface area contributed by atoms with Gasteiger partial charge in [-0.25, -0.2) is 4.98 Å². The third-order valence-electron chi connectivity index (χ3n) is 8.37. The summed E-state index contributed by atoms with van der Waals surface area (Å²) in [6.07, 6.45) is 6.23. The number of aromatic nitrogens is 1. The molecule has 2 aromatic heterocycles. The SMILES string of the molecule is CCCc1ccc(-c2cc(C(=O)Nc3sc4c(c3C#N)CCC(C(C)(C)CC)C4)c3ccccc3n2)cc1.Cl. The molecule has 0 fully saturated rings. The number of nitrogens with zero attached hydrogens (tertiary/aromatic N) is 2. The maximum Gasteiger partial charge on any atom is 0.257 e. The molecule has 0 radical (unpaired) electrons. The van der Waals surface area contributed by atoms with E-state index in [1.54, 1.807) is 11.3 Å². The number of nitrogens with one attached hydrogen (secondary N) is 1. The summed E-state index contributed by atoms with van der Waals surface area (Å²) in [5.74, 6) is 0.386. The third kappa shape index (κ3) is 5.73. The number of halogens is 1. The van der Waals surface area contributed by atoms with Crippen LogP contribution in [0, 0.1) is 22.7 Å². The van der Waals surface area contributed by atoms with Crippen molar-refractivity contribution < 1.29 is 4.79 Å². The molecule has 0 saturated carbocycles. The predicted octanol–water partition coefficient (Wildman–Crippen LogP) is 9.00. The Bertz CT molecular complexity index is 1530. The predicted molar refractivity (Wildman–Crippen MR) is 165 cm³/mol. The van der Waals surface area contributed by atoms with Gasteiger partial charge in [-0.2, -0.15) is 5.26 Å². The highest BCUT2D eigenvalue weighted by molar-refractivity contribution is 7.16. The smallest absolute Gasteiger partial charge is 0.257 e. The van der Waals surface area contributed by atoms with Crippen LogP contribution in [-0.2, 0) is 19.3 Å². The molecule has 1 amide bonds. The van der Waals surface area contributed by atoms with Gasteiger partial charge in [-0.05, 0) is 60.3 Å². The summed E-state index contributed by atoms with van der Waals surface area (Å²) in [6, 6.07) is 20.5. The molecule has 6 heteroatoms. The van der Waals surface area contributed by atoms with Crippen LogP contribution in [0.1, 0.15) is 78.9 Å². The summed E-state index contributed by atoms with van der Waals surface area (Å²) < 4.78 is 0. The quantitative estimate of drug-likeness (QED) is 0.246. The van der Waals surface area contributed by atoms with E-state index in [1.165, 1.54) is 10.4 Å². The number of pyridine rings is 1. The maximum absolute atomic E-state index is 13.8. The summed E-state index contributed by atoms with van der Waals surface area (Å²) in [5, 5.41) is 14.6. The molecule has 0 saturated heterocycles. The van der Waals surface area contributed by atoms with Gasteiger partial charge in [0.1, 0.15) is 11.1 Å². The Balaban J connectivity index is 0.00000353. The zero-order chi connectivity index (χ0) is 26.9. The minimum atomic E-state index is -0.201. The lowest BCUT2D eigenvalue weighted by Crippen LogP contribution is -2.28. The monoisotopic (exact) mass is 557 g/mol. The second kappa shape index (κ2) is 11.9. The number of fused-ring (bicyclic) bond motifs is 2. The molecule has 39 heavy (non-hydrogen) atoms. The Morgan fingerprint density at radius 2 is 1.90 bits per heavy atom. The zero-order valence-corrected chi connectivity index (χ0v) is 24.8. The van der Waals surface area contributed by atoms with Gasteiger partial charge >= 0.3 is 0 Å². The van der Waals surface area contributed by atoms with Crippen LogP contribution in [0.5, 0.6) is 0 Å². The van der Waals surface area contributed by atoms with E-state index >= 15 is 0 Å². The van der Waals surface area contributed by atoms with Crippen LogP contribution in [0.4, 0.5) is 5.00 Å². The topological polar surface area (TPSA) is 65.8 Å². The van der Waals surface area contributed by atoms with E-state index in [-0.39, 0.29) is 23.7 Å². The molecule has 0 spiro atoms. The van der Waals surface area contributed by atoms with Crippen LogP contribution in [0.25, 0.3) is 22.2 Å². The van der Waals surface area contributed by atoms with Crippen molar-refractivity contribution in [3.05, 3.63) is 81.7 Å². The van der Waals surface area contributed by atoms with Crippen molar-refractivity contribution in [2.75, 3.05) is 5.32 Å². The molecule has 1 atom stereocenters. The number of hydrogen-bond donors (Lipinski definition) is 1. The third-order valence-corrected chi connectivity index (χ3v) is 9.54. The lowest BCUT2D eigenvalue weighted by atomic mass is 9.69. The van der Waals surface area contributed by atoms with E-state index in [0.29, 0.717) is 22.0 Å². The number of amides is 1. The molecule has 4 nitrogen and oxygen atoms in total. The van der Waals surface area contributed by atoms with Gasteiger partial charge in [-0.3, -0.25) is 4.79 Å². The standard InChI is InChI=1S/C33H35N3OS.ClH/c1-5-9-21-12-14-22(15-13-21)29-19-26(24-10-7-8-11-28(24)35-29)31(37)36-32-27(20-34)25-17-16-23(18-30(25)38-32)33(3,4)6-2;/h7-8,10-15,19,23H,5-6,9,16-18H2,1-4H3,(H,36,37);1H. The molecule has 1 unspecified atom stereocenters. The first-order valence-corrected chi connectivity index (χ1v) is 14.5. The van der Waals surface area contributed by atoms with Gasteiger partial charge in [0.2, 0.25) is 0 Å². The van der Waals surface area contributed by atoms with Gasteiger partial charge in [-0.15, -0.1) is 23.7 Å². The Labute approximate surface area is 241 Å². The summed E-state index contributed by atoms with van der Waals surface area (Å²) >= 11 is 1.58. The fourth-order valence-corrected chi connectivity index (χ4v) is 6.83. The van der Waals surface area contributed by atoms with Crippen molar-refractivity contribution in [1.82, 2.24) is 4.98 Å². The molecular weight excluding hydrogens is 522 g/mol. The van der Waals surface area contributed by atoms with E-state index in [1.807, 2.05) is 30.3 Å². The number of nitriles is 1. The Morgan fingerprint density at radius 3 is 2.59 bits per heavy atom. The largest absolute Gasteiger partial charge is 0.312 e. The number of aryl methyl sites for hydroxylation is 1. The minimum Gasteiger partial charge on any atom is -0.312 e. The van der Waals surface area contributed by atoms with Gasteiger partial charge in [0.05, 0.1) is 22.3 Å². The Morgan fingerprint density at radius 1 is 1.15 bits per heavy atom.